The number of benzene rings is 1. The van der Waals surface area contributed by atoms with Crippen molar-refractivity contribution >= 4 is 59.2 Å². The normalized spacial score (nSPS) is 19.2. The van der Waals surface area contributed by atoms with Gasteiger partial charge in [-0.15, -0.1) is 0 Å². The third-order valence-corrected chi connectivity index (χ3v) is 10.1. The van der Waals surface area contributed by atoms with Gasteiger partial charge >= 0.3 is 11.9 Å². The van der Waals surface area contributed by atoms with Gasteiger partial charge in [0.2, 0.25) is 47.3 Å². The molecular weight excluding hydrogens is 790 g/mol. The highest BCUT2D eigenvalue weighted by Crippen LogP contribution is 2.21. The average Bonchev–Trinajstić information content (AvgIpc) is 3.88. The molecule has 0 spiro atoms. The molecule has 60 heavy (non-hydrogen) atoms. The molecule has 0 aliphatic carbocycles. The van der Waals surface area contributed by atoms with E-state index < -0.39 is 133 Å². The predicted octanol–water partition coefficient (Wildman–Crippen LogP) is -3.93. The van der Waals surface area contributed by atoms with E-state index in [9.17, 15) is 63.3 Å². The molecule has 2 saturated heterocycles. The lowest BCUT2D eigenvalue weighted by molar-refractivity contribution is -0.148. The SMILES string of the molecule is CC(C)C(NC(=O)C(N)Cc1ccccc1)C(=O)NC(C(=O)NC(CC(=O)O)C(=O)NC(CC(N)=O)C(=O)N1CCCC1C(=O)NCC(=O)N1CCCC1C(=O)O)C(C)O. The summed E-state index contributed by atoms with van der Waals surface area (Å²) < 4.78 is 0. The third kappa shape index (κ3) is 13.7. The molecule has 330 valence electrons. The molecule has 8 amide bonds. The number of likely N-dealkylation sites (tertiary alicyclic amines) is 2. The van der Waals surface area contributed by atoms with Crippen molar-refractivity contribution in [1.29, 1.82) is 0 Å². The van der Waals surface area contributed by atoms with Crippen LogP contribution in [0.2, 0.25) is 0 Å². The molecule has 0 saturated carbocycles. The smallest absolute Gasteiger partial charge is 0.326 e. The van der Waals surface area contributed by atoms with E-state index in [1.165, 1.54) is 0 Å². The molecule has 0 aromatic heterocycles. The Morgan fingerprint density at radius 1 is 0.733 bits per heavy atom. The molecular formula is C38H55N9O13. The Hall–Kier alpha value is -6.16. The molecule has 2 aliphatic rings. The molecule has 2 fully saturated rings. The fourth-order valence-electron chi connectivity index (χ4n) is 6.93. The lowest BCUT2D eigenvalue weighted by atomic mass is 10.0. The number of rotatable bonds is 21. The number of hydrogen-bond acceptors (Lipinski definition) is 12. The summed E-state index contributed by atoms with van der Waals surface area (Å²) in [6.45, 7) is 3.96. The minimum Gasteiger partial charge on any atom is -0.481 e. The van der Waals surface area contributed by atoms with Crippen molar-refractivity contribution in [2.45, 2.75) is 114 Å². The Kier molecular flexibility index (Phi) is 17.9. The van der Waals surface area contributed by atoms with Crippen LogP contribution in [0.4, 0.5) is 0 Å². The topological polar surface area (TPSA) is 350 Å². The van der Waals surface area contributed by atoms with Crippen LogP contribution in [-0.4, -0.2) is 152 Å². The van der Waals surface area contributed by atoms with Crippen molar-refractivity contribution in [3.8, 4) is 0 Å². The highest BCUT2D eigenvalue weighted by atomic mass is 16.4. The number of nitrogens with zero attached hydrogens (tertiary/aromatic N) is 2. The van der Waals surface area contributed by atoms with E-state index in [4.69, 9.17) is 11.5 Å². The van der Waals surface area contributed by atoms with Gasteiger partial charge in [0.1, 0.15) is 36.3 Å². The van der Waals surface area contributed by atoms with Crippen molar-refractivity contribution in [2.24, 2.45) is 17.4 Å². The Morgan fingerprint density at radius 2 is 1.30 bits per heavy atom. The summed E-state index contributed by atoms with van der Waals surface area (Å²) >= 11 is 0. The summed E-state index contributed by atoms with van der Waals surface area (Å²) in [5.74, 6) is -10.8. The van der Waals surface area contributed by atoms with Gasteiger partial charge in [-0.1, -0.05) is 44.2 Å². The second-order valence-electron chi connectivity index (χ2n) is 15.1. The molecule has 22 nitrogen and oxygen atoms in total. The lowest BCUT2D eigenvalue weighted by Gasteiger charge is -2.30. The van der Waals surface area contributed by atoms with Crippen LogP contribution in [-0.2, 0) is 54.4 Å². The van der Waals surface area contributed by atoms with Gasteiger partial charge in [-0.25, -0.2) is 4.79 Å². The summed E-state index contributed by atoms with van der Waals surface area (Å²) in [5, 5.41) is 41.1. The van der Waals surface area contributed by atoms with Crippen molar-refractivity contribution in [3.63, 3.8) is 0 Å². The molecule has 22 heteroatoms. The Morgan fingerprint density at radius 3 is 1.87 bits per heavy atom. The fraction of sp³-hybridized carbons (Fsp3) is 0.579. The number of aliphatic hydroxyl groups excluding tert-OH is 1. The molecule has 2 aliphatic heterocycles. The van der Waals surface area contributed by atoms with Crippen molar-refractivity contribution in [3.05, 3.63) is 35.9 Å². The highest BCUT2D eigenvalue weighted by molar-refractivity contribution is 5.99. The first-order valence-electron chi connectivity index (χ1n) is 19.5. The number of carboxylic acid groups (broad SMARTS) is 2. The van der Waals surface area contributed by atoms with E-state index >= 15 is 0 Å². The van der Waals surface area contributed by atoms with E-state index in [1.54, 1.807) is 44.2 Å². The number of carbonyl (C=O) groups excluding carboxylic acids is 8. The summed E-state index contributed by atoms with van der Waals surface area (Å²) in [4.78, 5) is 131. The van der Waals surface area contributed by atoms with Crippen LogP contribution in [0.1, 0.15) is 64.9 Å². The van der Waals surface area contributed by atoms with E-state index in [-0.39, 0.29) is 32.4 Å². The van der Waals surface area contributed by atoms with Gasteiger partial charge in [0.05, 0.1) is 31.5 Å². The minimum absolute atomic E-state index is 0.0228. The van der Waals surface area contributed by atoms with Gasteiger partial charge in [-0.3, -0.25) is 43.2 Å². The van der Waals surface area contributed by atoms with Crippen molar-refractivity contribution in [1.82, 2.24) is 36.4 Å². The molecule has 1 aromatic carbocycles. The van der Waals surface area contributed by atoms with E-state index in [0.29, 0.717) is 12.8 Å². The average molecular weight is 846 g/mol. The van der Waals surface area contributed by atoms with Gasteiger partial charge in [-0.05, 0) is 50.5 Å². The van der Waals surface area contributed by atoms with Crippen molar-refractivity contribution < 1.29 is 63.3 Å². The monoisotopic (exact) mass is 845 g/mol. The first-order chi connectivity index (χ1) is 28.2. The number of aliphatic hydroxyl groups is 1. The highest BCUT2D eigenvalue weighted by Gasteiger charge is 2.41. The number of nitrogens with two attached hydrogens (primary N) is 2. The van der Waals surface area contributed by atoms with Gasteiger partial charge in [-0.2, -0.15) is 0 Å². The maximum absolute atomic E-state index is 13.8. The quantitative estimate of drug-likeness (QED) is 0.0565. The lowest BCUT2D eigenvalue weighted by Crippen LogP contribution is -2.62. The van der Waals surface area contributed by atoms with Crippen LogP contribution >= 0.6 is 0 Å². The number of nitrogens with one attached hydrogen (secondary N) is 5. The second kappa shape index (κ2) is 22.3. The van der Waals surface area contributed by atoms with Crippen LogP contribution in [0.25, 0.3) is 0 Å². The van der Waals surface area contributed by atoms with E-state index in [0.717, 1.165) is 22.3 Å². The van der Waals surface area contributed by atoms with Gasteiger partial charge in [0.25, 0.3) is 0 Å². The first kappa shape index (κ1) is 48.2. The number of aliphatic carboxylic acids is 2. The zero-order valence-electron chi connectivity index (χ0n) is 33.6. The minimum atomic E-state index is -1.95. The molecule has 0 radical (unpaired) electrons. The summed E-state index contributed by atoms with van der Waals surface area (Å²) in [6, 6.07) is -1.12. The van der Waals surface area contributed by atoms with Crippen molar-refractivity contribution in [2.75, 3.05) is 19.6 Å². The largest absolute Gasteiger partial charge is 0.481 e. The molecule has 8 atom stereocenters. The molecule has 3 rings (SSSR count). The first-order valence-corrected chi connectivity index (χ1v) is 19.5. The predicted molar refractivity (Wildman–Crippen MR) is 209 cm³/mol. The number of hydrogen-bond donors (Lipinski definition) is 10. The second-order valence-corrected chi connectivity index (χ2v) is 15.1. The van der Waals surface area contributed by atoms with Crippen LogP contribution in [0.15, 0.2) is 30.3 Å². The summed E-state index contributed by atoms with van der Waals surface area (Å²) in [6.07, 6.45) is -2.20. The molecule has 0 bridgehead atoms. The Bertz CT molecular complexity index is 1780. The maximum Gasteiger partial charge on any atom is 0.326 e. The van der Waals surface area contributed by atoms with Gasteiger partial charge < -0.3 is 63.2 Å². The molecule has 8 unspecified atom stereocenters. The van der Waals surface area contributed by atoms with E-state index in [2.05, 4.69) is 26.6 Å². The number of carboxylic acids is 2. The standard InChI is InChI=1S/C38H55N9O13/c1-19(2)30(44-32(53)22(39)15-21-9-5-4-6-10-21)35(56)45-31(20(3)48)36(57)42-23(17-29(51)52)33(54)43-24(16-27(40)49)37(58)47-14-7-11-25(47)34(55)41-18-28(50)46-13-8-12-26(46)38(59)60/h4-6,9-10,19-20,22-26,30-31,48H,7-8,11-18,39H2,1-3H3,(H2,40,49)(H,41,55)(H,42,57)(H,43,54)(H,44,53)(H,45,56)(H,51,52)(H,59,60). The zero-order valence-corrected chi connectivity index (χ0v) is 33.6. The Labute approximate surface area is 345 Å². The van der Waals surface area contributed by atoms with Crippen LogP contribution in [0.5, 0.6) is 0 Å². The number of amides is 8. The number of primary amides is 1. The zero-order chi connectivity index (χ0) is 44.8. The fourth-order valence-corrected chi connectivity index (χ4v) is 6.93. The molecule has 12 N–H and O–H groups in total. The number of carbonyl (C=O) groups is 10. The molecule has 1 aromatic rings. The molecule has 2 heterocycles. The Balaban J connectivity index is 1.71. The van der Waals surface area contributed by atoms with Crippen LogP contribution in [0, 0.1) is 5.92 Å². The van der Waals surface area contributed by atoms with Gasteiger partial charge in [0.15, 0.2) is 0 Å². The van der Waals surface area contributed by atoms with Crippen LogP contribution in [0.3, 0.4) is 0 Å². The third-order valence-electron chi connectivity index (χ3n) is 10.1. The van der Waals surface area contributed by atoms with E-state index in [1.807, 2.05) is 0 Å². The summed E-state index contributed by atoms with van der Waals surface area (Å²) in [7, 11) is 0. The van der Waals surface area contributed by atoms with Crippen LogP contribution < -0.4 is 38.1 Å². The maximum atomic E-state index is 13.8. The summed E-state index contributed by atoms with van der Waals surface area (Å²) in [5.41, 5.74) is 12.2. The van der Waals surface area contributed by atoms with Gasteiger partial charge in [0, 0.05) is 13.1 Å².